The van der Waals surface area contributed by atoms with Crippen LogP contribution in [0.25, 0.3) is 0 Å². The van der Waals surface area contributed by atoms with E-state index in [1.807, 2.05) is 18.4 Å². The lowest BCUT2D eigenvalue weighted by Crippen LogP contribution is -2.12. The van der Waals surface area contributed by atoms with Gasteiger partial charge in [0.15, 0.2) is 5.75 Å². The molecule has 0 unspecified atom stereocenters. The maximum atomic E-state index is 12.2. The lowest BCUT2D eigenvalue weighted by atomic mass is 10.2. The van der Waals surface area contributed by atoms with Gasteiger partial charge in [0.1, 0.15) is 0 Å². The van der Waals surface area contributed by atoms with Crippen LogP contribution in [-0.4, -0.2) is 12.5 Å². The maximum absolute atomic E-state index is 12.2. The topological polar surface area (TPSA) is 38.3 Å². The Balaban J connectivity index is 2.30. The Morgan fingerprint density at radius 1 is 1.50 bits per heavy atom. The van der Waals surface area contributed by atoms with E-state index < -0.39 is 0 Å². The van der Waals surface area contributed by atoms with Gasteiger partial charge in [0.2, 0.25) is 0 Å². The summed E-state index contributed by atoms with van der Waals surface area (Å²) in [5.74, 6) is 0.398. The smallest absolute Gasteiger partial charge is 0.256 e. The molecule has 1 aromatic carbocycles. The highest BCUT2D eigenvalue weighted by atomic mass is 127. The molecular weight excluding hydrogens is 476 g/mol. The van der Waals surface area contributed by atoms with E-state index in [1.165, 1.54) is 11.3 Å². The molecule has 2 aromatic rings. The van der Waals surface area contributed by atoms with Crippen LogP contribution in [0, 0.1) is 2.88 Å². The molecule has 0 spiro atoms. The molecule has 0 aliphatic carbocycles. The van der Waals surface area contributed by atoms with E-state index in [1.54, 1.807) is 12.1 Å². The SMILES string of the molecule is CCOc1c(Br)cc(Cl)cc1NC(=O)c1csc(I)c1. The molecule has 20 heavy (non-hydrogen) atoms. The van der Waals surface area contributed by atoms with Crippen molar-refractivity contribution in [3.05, 3.63) is 41.5 Å². The normalized spacial score (nSPS) is 10.4. The van der Waals surface area contributed by atoms with Gasteiger partial charge in [-0.15, -0.1) is 11.3 Å². The zero-order valence-corrected chi connectivity index (χ0v) is 15.7. The number of anilines is 1. The number of ether oxygens (including phenoxy) is 1. The van der Waals surface area contributed by atoms with Crippen LogP contribution in [0.2, 0.25) is 5.02 Å². The van der Waals surface area contributed by atoms with Gasteiger partial charge in [0.05, 0.1) is 25.2 Å². The lowest BCUT2D eigenvalue weighted by Gasteiger charge is -2.13. The zero-order valence-electron chi connectivity index (χ0n) is 10.4. The fourth-order valence-corrected chi connectivity index (χ4v) is 3.82. The summed E-state index contributed by atoms with van der Waals surface area (Å²) in [6.45, 7) is 2.38. The maximum Gasteiger partial charge on any atom is 0.256 e. The van der Waals surface area contributed by atoms with Crippen LogP contribution in [0.1, 0.15) is 17.3 Å². The van der Waals surface area contributed by atoms with E-state index in [-0.39, 0.29) is 5.91 Å². The lowest BCUT2D eigenvalue weighted by molar-refractivity contribution is 0.102. The van der Waals surface area contributed by atoms with Gasteiger partial charge >= 0.3 is 0 Å². The standard InChI is InChI=1S/C13H10BrClINO2S/c1-2-19-12-9(14)4-8(15)5-10(12)17-13(18)7-3-11(16)20-6-7/h3-6H,2H2,1H3,(H,17,18). The number of hydrogen-bond acceptors (Lipinski definition) is 3. The Labute approximate surface area is 147 Å². The number of carbonyl (C=O) groups excluding carboxylic acids is 1. The van der Waals surface area contributed by atoms with Crippen LogP contribution in [0.3, 0.4) is 0 Å². The number of amides is 1. The number of nitrogens with one attached hydrogen (secondary N) is 1. The van der Waals surface area contributed by atoms with E-state index in [0.29, 0.717) is 33.1 Å². The molecule has 1 amide bonds. The quantitative estimate of drug-likeness (QED) is 0.586. The average Bonchev–Trinajstić information content (AvgIpc) is 2.80. The van der Waals surface area contributed by atoms with Crippen molar-refractivity contribution in [3.63, 3.8) is 0 Å². The summed E-state index contributed by atoms with van der Waals surface area (Å²) in [6.07, 6.45) is 0. The Morgan fingerprint density at radius 3 is 2.85 bits per heavy atom. The second kappa shape index (κ2) is 7.11. The Bertz CT molecular complexity index is 647. The van der Waals surface area contributed by atoms with Gasteiger partial charge < -0.3 is 10.1 Å². The van der Waals surface area contributed by atoms with Crippen molar-refractivity contribution in [1.82, 2.24) is 0 Å². The van der Waals surface area contributed by atoms with Crippen molar-refractivity contribution in [2.24, 2.45) is 0 Å². The Hall–Kier alpha value is -0.310. The predicted molar refractivity (Wildman–Crippen MR) is 95.3 cm³/mol. The summed E-state index contributed by atoms with van der Waals surface area (Å²) in [5, 5.41) is 5.17. The van der Waals surface area contributed by atoms with E-state index >= 15 is 0 Å². The summed E-state index contributed by atoms with van der Waals surface area (Å²) in [5.41, 5.74) is 1.18. The Kier molecular flexibility index (Phi) is 5.71. The van der Waals surface area contributed by atoms with Gasteiger partial charge in [0, 0.05) is 10.4 Å². The van der Waals surface area contributed by atoms with Crippen molar-refractivity contribution in [3.8, 4) is 5.75 Å². The molecule has 0 saturated heterocycles. The zero-order chi connectivity index (χ0) is 14.7. The molecule has 0 aliphatic rings. The second-order valence-corrected chi connectivity index (χ2v) is 7.89. The first-order valence-corrected chi connectivity index (χ1v) is 8.81. The first-order chi connectivity index (χ1) is 9.51. The van der Waals surface area contributed by atoms with Crippen molar-refractivity contribution >= 4 is 73.1 Å². The summed E-state index contributed by atoms with van der Waals surface area (Å²) in [6, 6.07) is 5.24. The van der Waals surface area contributed by atoms with Gasteiger partial charge in [-0.2, -0.15) is 0 Å². The first-order valence-electron chi connectivity index (χ1n) is 5.68. The summed E-state index contributed by atoms with van der Waals surface area (Å²) in [4.78, 5) is 12.2. The molecule has 106 valence electrons. The number of rotatable bonds is 4. The van der Waals surface area contributed by atoms with Gasteiger partial charge in [-0.3, -0.25) is 4.79 Å². The molecule has 0 radical (unpaired) electrons. The number of hydrogen-bond donors (Lipinski definition) is 1. The monoisotopic (exact) mass is 485 g/mol. The molecule has 1 heterocycles. The highest BCUT2D eigenvalue weighted by Gasteiger charge is 2.15. The highest BCUT2D eigenvalue weighted by Crippen LogP contribution is 2.37. The third kappa shape index (κ3) is 3.87. The van der Waals surface area contributed by atoms with Crippen LogP contribution in [-0.2, 0) is 0 Å². The molecule has 0 fully saturated rings. The molecule has 7 heteroatoms. The minimum Gasteiger partial charge on any atom is -0.491 e. The summed E-state index contributed by atoms with van der Waals surface area (Å²) >= 11 is 13.1. The molecule has 3 nitrogen and oxygen atoms in total. The molecule has 1 N–H and O–H groups in total. The molecule has 0 atom stereocenters. The van der Waals surface area contributed by atoms with Crippen LogP contribution >= 0.6 is 61.5 Å². The average molecular weight is 487 g/mol. The van der Waals surface area contributed by atoms with E-state index in [4.69, 9.17) is 16.3 Å². The largest absolute Gasteiger partial charge is 0.491 e. The van der Waals surface area contributed by atoms with Crippen LogP contribution in [0.15, 0.2) is 28.1 Å². The predicted octanol–water partition coefficient (Wildman–Crippen LogP) is 5.42. The number of carbonyl (C=O) groups is 1. The minimum absolute atomic E-state index is 0.181. The molecule has 0 saturated carbocycles. The third-order valence-electron chi connectivity index (χ3n) is 2.37. The second-order valence-electron chi connectivity index (χ2n) is 3.79. The molecule has 0 bridgehead atoms. The van der Waals surface area contributed by atoms with Crippen LogP contribution in [0.5, 0.6) is 5.75 Å². The van der Waals surface area contributed by atoms with Gasteiger partial charge in [-0.05, 0) is 63.6 Å². The summed E-state index contributed by atoms with van der Waals surface area (Å²) < 4.78 is 7.32. The number of thiophene rings is 1. The molecule has 2 rings (SSSR count). The van der Waals surface area contributed by atoms with Gasteiger partial charge in [0.25, 0.3) is 5.91 Å². The number of benzene rings is 1. The molecule has 0 aliphatic heterocycles. The van der Waals surface area contributed by atoms with Crippen molar-refractivity contribution < 1.29 is 9.53 Å². The van der Waals surface area contributed by atoms with E-state index in [2.05, 4.69) is 43.8 Å². The molecular formula is C13H10BrClINO2S. The van der Waals surface area contributed by atoms with Gasteiger partial charge in [-0.1, -0.05) is 11.6 Å². The highest BCUT2D eigenvalue weighted by molar-refractivity contribution is 14.1. The fourth-order valence-electron chi connectivity index (χ4n) is 1.57. The first kappa shape index (κ1) is 16.1. The number of halogens is 3. The van der Waals surface area contributed by atoms with Crippen LogP contribution < -0.4 is 10.1 Å². The van der Waals surface area contributed by atoms with E-state index in [0.717, 1.165) is 2.88 Å². The van der Waals surface area contributed by atoms with Crippen molar-refractivity contribution in [1.29, 1.82) is 0 Å². The minimum atomic E-state index is -0.181. The van der Waals surface area contributed by atoms with Crippen molar-refractivity contribution in [2.45, 2.75) is 6.92 Å². The summed E-state index contributed by atoms with van der Waals surface area (Å²) in [7, 11) is 0. The Morgan fingerprint density at radius 2 is 2.25 bits per heavy atom. The van der Waals surface area contributed by atoms with Crippen molar-refractivity contribution in [2.75, 3.05) is 11.9 Å². The fraction of sp³-hybridized carbons (Fsp3) is 0.154. The van der Waals surface area contributed by atoms with Crippen LogP contribution in [0.4, 0.5) is 5.69 Å². The van der Waals surface area contributed by atoms with Gasteiger partial charge in [-0.25, -0.2) is 0 Å². The molecule has 1 aromatic heterocycles. The van der Waals surface area contributed by atoms with E-state index in [9.17, 15) is 4.79 Å². The third-order valence-corrected chi connectivity index (χ3v) is 4.97.